The van der Waals surface area contributed by atoms with Gasteiger partial charge in [-0.1, -0.05) is 47.4 Å². The number of sulfonamides is 1. The molecule has 2 atom stereocenters. The molecule has 172 valence electrons. The fourth-order valence-corrected chi connectivity index (χ4v) is 6.32. The quantitative estimate of drug-likeness (QED) is 0.437. The first-order valence-electron chi connectivity index (χ1n) is 11.0. The van der Waals surface area contributed by atoms with E-state index in [1.54, 1.807) is 43.3 Å². The van der Waals surface area contributed by atoms with Gasteiger partial charge in [-0.15, -0.1) is 0 Å². The Bertz CT molecular complexity index is 1500. The van der Waals surface area contributed by atoms with Gasteiger partial charge in [-0.2, -0.15) is 0 Å². The van der Waals surface area contributed by atoms with Gasteiger partial charge in [0.05, 0.1) is 15.4 Å². The molecule has 4 aromatic rings. The van der Waals surface area contributed by atoms with Crippen molar-refractivity contribution in [2.24, 2.45) is 5.92 Å². The van der Waals surface area contributed by atoms with Crippen LogP contribution in [-0.4, -0.2) is 24.7 Å². The molecule has 2 unspecified atom stereocenters. The largest absolute Gasteiger partial charge is 0.360 e. The third-order valence-corrected chi connectivity index (χ3v) is 8.27. The number of hydrogen-bond acceptors (Lipinski definition) is 5. The first-order valence-corrected chi connectivity index (χ1v) is 12.9. The van der Waals surface area contributed by atoms with Crippen LogP contribution < -0.4 is 10.3 Å². The van der Waals surface area contributed by atoms with Crippen molar-refractivity contribution < 1.29 is 12.9 Å². The van der Waals surface area contributed by atoms with Crippen LogP contribution in [0.15, 0.2) is 62.7 Å². The van der Waals surface area contributed by atoms with Crippen LogP contribution in [0.25, 0.3) is 21.8 Å². The van der Waals surface area contributed by atoms with E-state index in [9.17, 15) is 13.2 Å². The fraction of sp³-hybridized carbons (Fsp3) is 0.333. The third kappa shape index (κ3) is 3.96. The van der Waals surface area contributed by atoms with E-state index in [0.717, 1.165) is 24.8 Å². The average molecular weight is 486 g/mol. The predicted molar refractivity (Wildman–Crippen MR) is 128 cm³/mol. The number of nitrogens with one attached hydrogen (secondary N) is 1. The molecule has 1 fully saturated rings. The lowest BCUT2D eigenvalue weighted by Gasteiger charge is -2.31. The monoisotopic (exact) mass is 485 g/mol. The molecular weight excluding hydrogens is 462 g/mol. The smallest absolute Gasteiger partial charge is 0.264 e. The zero-order valence-corrected chi connectivity index (χ0v) is 19.7. The molecule has 2 heterocycles. The number of halogens is 1. The van der Waals surface area contributed by atoms with E-state index in [4.69, 9.17) is 16.1 Å². The molecule has 7 nitrogen and oxygen atoms in total. The second-order valence-corrected chi connectivity index (χ2v) is 10.8. The van der Waals surface area contributed by atoms with Gasteiger partial charge in [0.15, 0.2) is 0 Å². The van der Waals surface area contributed by atoms with E-state index in [0.29, 0.717) is 40.0 Å². The standard InChI is InChI=1S/C24H24ClN3O4S/c1-15-21-23(27-32-15)22-19(25)11-6-12-20(22)28(24(21)29)17-8-5-7-16(13-17)14-26-33(30,31)18-9-3-2-4-10-18/h2-4,6,9-12,16-17,26H,5,7-8,13-14H2,1H3. The molecule has 2 aromatic heterocycles. The lowest BCUT2D eigenvalue weighted by atomic mass is 9.85. The van der Waals surface area contributed by atoms with Crippen LogP contribution in [0, 0.1) is 12.8 Å². The van der Waals surface area contributed by atoms with E-state index in [1.807, 2.05) is 16.7 Å². The van der Waals surface area contributed by atoms with Gasteiger partial charge < -0.3 is 9.09 Å². The Morgan fingerprint density at radius 2 is 1.91 bits per heavy atom. The molecule has 0 saturated heterocycles. The minimum Gasteiger partial charge on any atom is -0.360 e. The highest BCUT2D eigenvalue weighted by Gasteiger charge is 2.29. The number of rotatable bonds is 5. The highest BCUT2D eigenvalue weighted by atomic mass is 35.5. The van der Waals surface area contributed by atoms with Crippen LogP contribution in [0.4, 0.5) is 0 Å². The summed E-state index contributed by atoms with van der Waals surface area (Å²) in [5, 5.41) is 5.77. The molecular formula is C24H24ClN3O4S. The summed E-state index contributed by atoms with van der Waals surface area (Å²) >= 11 is 6.52. The Morgan fingerprint density at radius 1 is 1.12 bits per heavy atom. The van der Waals surface area contributed by atoms with Crippen LogP contribution in [-0.2, 0) is 10.0 Å². The second kappa shape index (κ2) is 8.59. The van der Waals surface area contributed by atoms with Gasteiger partial charge in [-0.25, -0.2) is 13.1 Å². The minimum atomic E-state index is -3.57. The molecule has 1 aliphatic carbocycles. The van der Waals surface area contributed by atoms with E-state index < -0.39 is 10.0 Å². The van der Waals surface area contributed by atoms with E-state index in [1.165, 1.54) is 0 Å². The van der Waals surface area contributed by atoms with E-state index in [-0.39, 0.29) is 22.4 Å². The number of benzene rings is 2. The number of aromatic nitrogens is 2. The van der Waals surface area contributed by atoms with Gasteiger partial charge in [0.2, 0.25) is 10.0 Å². The number of pyridine rings is 1. The van der Waals surface area contributed by atoms with Gasteiger partial charge in [0.25, 0.3) is 5.56 Å². The van der Waals surface area contributed by atoms with Crippen LogP contribution in [0.3, 0.4) is 0 Å². The van der Waals surface area contributed by atoms with E-state index in [2.05, 4.69) is 9.88 Å². The number of nitrogens with zero attached hydrogens (tertiary/aromatic N) is 2. The summed E-state index contributed by atoms with van der Waals surface area (Å²) in [6, 6.07) is 13.8. The maximum atomic E-state index is 13.6. The van der Waals surface area contributed by atoms with Crippen LogP contribution in [0.5, 0.6) is 0 Å². The summed E-state index contributed by atoms with van der Waals surface area (Å²) in [4.78, 5) is 13.8. The molecule has 0 amide bonds. The van der Waals surface area contributed by atoms with Crippen molar-refractivity contribution in [2.75, 3.05) is 6.54 Å². The summed E-state index contributed by atoms with van der Waals surface area (Å²) in [7, 11) is -3.57. The Morgan fingerprint density at radius 3 is 2.70 bits per heavy atom. The molecule has 5 rings (SSSR count). The number of fused-ring (bicyclic) bond motifs is 3. The first-order chi connectivity index (χ1) is 15.9. The molecule has 0 aliphatic heterocycles. The van der Waals surface area contributed by atoms with Crippen molar-refractivity contribution in [3.63, 3.8) is 0 Å². The highest BCUT2D eigenvalue weighted by molar-refractivity contribution is 7.89. The van der Waals surface area contributed by atoms with Crippen LogP contribution in [0.2, 0.25) is 5.02 Å². The van der Waals surface area contributed by atoms with Crippen molar-refractivity contribution in [1.29, 1.82) is 0 Å². The van der Waals surface area contributed by atoms with Crippen molar-refractivity contribution in [2.45, 2.75) is 43.5 Å². The Balaban J connectivity index is 1.48. The van der Waals surface area contributed by atoms with Crippen molar-refractivity contribution in [3.05, 3.63) is 69.7 Å². The maximum absolute atomic E-state index is 13.6. The second-order valence-electron chi connectivity index (χ2n) is 8.62. The molecule has 9 heteroatoms. The van der Waals surface area contributed by atoms with Gasteiger partial charge in [0.1, 0.15) is 16.7 Å². The van der Waals surface area contributed by atoms with Gasteiger partial charge in [-0.3, -0.25) is 4.79 Å². The van der Waals surface area contributed by atoms with Crippen molar-refractivity contribution in [1.82, 2.24) is 14.4 Å². The SMILES string of the molecule is Cc1onc2c1c(=O)n(C1CCCC(CNS(=O)(=O)c3ccccc3)C1)c1cccc(Cl)c21. The summed E-state index contributed by atoms with van der Waals surface area (Å²) in [5.41, 5.74) is 1.06. The summed E-state index contributed by atoms with van der Waals surface area (Å²) < 4.78 is 35.2. The molecule has 1 N–H and O–H groups in total. The molecule has 0 spiro atoms. The van der Waals surface area contributed by atoms with Crippen molar-refractivity contribution >= 4 is 43.4 Å². The number of hydrogen-bond donors (Lipinski definition) is 1. The maximum Gasteiger partial charge on any atom is 0.264 e. The summed E-state index contributed by atoms with van der Waals surface area (Å²) in [6.07, 6.45) is 3.32. The highest BCUT2D eigenvalue weighted by Crippen LogP contribution is 2.37. The normalized spacial score (nSPS) is 19.3. The third-order valence-electron chi connectivity index (χ3n) is 6.52. The van der Waals surface area contributed by atoms with E-state index >= 15 is 0 Å². The Hall–Kier alpha value is -2.68. The molecule has 33 heavy (non-hydrogen) atoms. The molecule has 1 aliphatic rings. The molecule has 0 bridgehead atoms. The summed E-state index contributed by atoms with van der Waals surface area (Å²) in [6.45, 7) is 2.06. The van der Waals surface area contributed by atoms with Crippen LogP contribution in [0.1, 0.15) is 37.5 Å². The Kier molecular flexibility index (Phi) is 5.76. The van der Waals surface area contributed by atoms with Gasteiger partial charge >= 0.3 is 0 Å². The Labute approximate surface area is 196 Å². The van der Waals surface area contributed by atoms with Crippen LogP contribution >= 0.6 is 11.6 Å². The van der Waals surface area contributed by atoms with Gasteiger partial charge in [0, 0.05) is 18.0 Å². The predicted octanol–water partition coefficient (Wildman–Crippen LogP) is 4.81. The lowest BCUT2D eigenvalue weighted by Crippen LogP contribution is -2.34. The lowest BCUT2D eigenvalue weighted by molar-refractivity contribution is 0.268. The molecule has 0 radical (unpaired) electrons. The molecule has 2 aromatic carbocycles. The zero-order chi connectivity index (χ0) is 23.2. The first kappa shape index (κ1) is 22.1. The van der Waals surface area contributed by atoms with Gasteiger partial charge in [-0.05, 0) is 56.4 Å². The fourth-order valence-electron chi connectivity index (χ4n) is 4.93. The van der Waals surface area contributed by atoms with Crippen molar-refractivity contribution in [3.8, 4) is 0 Å². The zero-order valence-electron chi connectivity index (χ0n) is 18.1. The average Bonchev–Trinajstić information content (AvgIpc) is 3.20. The topological polar surface area (TPSA) is 94.2 Å². The molecule has 1 saturated carbocycles. The number of aryl methyl sites for hydroxylation is 1. The minimum absolute atomic E-state index is 0.0721. The summed E-state index contributed by atoms with van der Waals surface area (Å²) in [5.74, 6) is 0.580.